The molecule has 1 amide bonds. The van der Waals surface area contributed by atoms with Crippen molar-refractivity contribution in [1.29, 1.82) is 0 Å². The van der Waals surface area contributed by atoms with Crippen molar-refractivity contribution in [1.82, 2.24) is 9.21 Å². The maximum absolute atomic E-state index is 12.8. The lowest BCUT2D eigenvalue weighted by Crippen LogP contribution is -2.47. The largest absolute Gasteiger partial charge is 0.471 e. The van der Waals surface area contributed by atoms with Gasteiger partial charge in [0, 0.05) is 26.2 Å². The second-order valence-corrected chi connectivity index (χ2v) is 11.3. The van der Waals surface area contributed by atoms with Crippen molar-refractivity contribution < 1.29 is 34.8 Å². The molecule has 2 aliphatic heterocycles. The molecule has 0 aromatic heterocycles. The second-order valence-electron chi connectivity index (χ2n) is 7.12. The molecule has 2 heterocycles. The van der Waals surface area contributed by atoms with Gasteiger partial charge in [0.1, 0.15) is 0 Å². The molecule has 0 N–H and O–H groups in total. The predicted octanol–water partition coefficient (Wildman–Crippen LogP) is 1.80. The molecule has 162 valence electrons. The van der Waals surface area contributed by atoms with Crippen LogP contribution in [0, 0.1) is 0 Å². The average Bonchev–Trinajstić information content (AvgIpc) is 3.22. The van der Waals surface area contributed by atoms with E-state index >= 15 is 0 Å². The maximum atomic E-state index is 12.8. The van der Waals surface area contributed by atoms with Crippen molar-refractivity contribution >= 4 is 25.8 Å². The van der Waals surface area contributed by atoms with E-state index in [9.17, 15) is 34.8 Å². The molecule has 2 aliphatic rings. The van der Waals surface area contributed by atoms with Crippen molar-refractivity contribution in [3.8, 4) is 0 Å². The number of likely N-dealkylation sites (tertiary alicyclic amines) is 1. The number of rotatable bonds is 4. The van der Waals surface area contributed by atoms with Crippen LogP contribution in [-0.2, 0) is 24.7 Å². The third-order valence-electron chi connectivity index (χ3n) is 5.27. The van der Waals surface area contributed by atoms with Crippen molar-refractivity contribution in [2.24, 2.45) is 0 Å². The van der Waals surface area contributed by atoms with Crippen LogP contribution >= 0.6 is 0 Å². The Morgan fingerprint density at radius 3 is 1.83 bits per heavy atom. The number of hydrogen-bond acceptors (Lipinski definition) is 5. The van der Waals surface area contributed by atoms with Gasteiger partial charge in [-0.05, 0) is 49.9 Å². The number of alkyl halides is 3. The third kappa shape index (κ3) is 4.43. The van der Waals surface area contributed by atoms with Crippen LogP contribution in [0.1, 0.15) is 25.7 Å². The molecule has 1 aromatic rings. The molecule has 29 heavy (non-hydrogen) atoms. The number of carbonyl (C=O) groups is 1. The molecule has 0 bridgehead atoms. The molecule has 0 aliphatic carbocycles. The van der Waals surface area contributed by atoms with E-state index in [-0.39, 0.29) is 35.7 Å². The van der Waals surface area contributed by atoms with E-state index in [2.05, 4.69) is 0 Å². The van der Waals surface area contributed by atoms with Crippen LogP contribution in [0.3, 0.4) is 0 Å². The minimum Gasteiger partial charge on any atom is -0.335 e. The summed E-state index contributed by atoms with van der Waals surface area (Å²) < 4.78 is 89.5. The molecule has 0 atom stereocenters. The molecule has 7 nitrogen and oxygen atoms in total. The third-order valence-corrected chi connectivity index (χ3v) is 9.46. The summed E-state index contributed by atoms with van der Waals surface area (Å²) in [5.74, 6) is -1.97. The van der Waals surface area contributed by atoms with E-state index in [1.54, 1.807) is 0 Å². The first-order chi connectivity index (χ1) is 13.4. The van der Waals surface area contributed by atoms with Crippen LogP contribution in [0.15, 0.2) is 34.1 Å². The number of piperidine rings is 1. The summed E-state index contributed by atoms with van der Waals surface area (Å²) in [5.41, 5.74) is 0. The van der Waals surface area contributed by atoms with E-state index < -0.39 is 37.2 Å². The molecule has 2 saturated heterocycles. The Balaban J connectivity index is 1.71. The van der Waals surface area contributed by atoms with Crippen LogP contribution in [0.5, 0.6) is 0 Å². The fourth-order valence-electron chi connectivity index (χ4n) is 3.62. The first-order valence-corrected chi connectivity index (χ1v) is 12.1. The smallest absolute Gasteiger partial charge is 0.335 e. The van der Waals surface area contributed by atoms with Gasteiger partial charge in [0.15, 0.2) is 9.84 Å². The minimum atomic E-state index is -4.98. The summed E-state index contributed by atoms with van der Waals surface area (Å²) in [4.78, 5) is 11.8. The van der Waals surface area contributed by atoms with Gasteiger partial charge >= 0.3 is 12.1 Å². The van der Waals surface area contributed by atoms with Gasteiger partial charge in [-0.2, -0.15) is 17.5 Å². The van der Waals surface area contributed by atoms with Gasteiger partial charge in [-0.15, -0.1) is 0 Å². The zero-order valence-corrected chi connectivity index (χ0v) is 17.1. The molecule has 3 rings (SSSR count). The molecule has 0 saturated carbocycles. The predicted molar refractivity (Wildman–Crippen MR) is 97.3 cm³/mol. The zero-order valence-electron chi connectivity index (χ0n) is 15.4. The molecule has 1 aromatic carbocycles. The lowest BCUT2D eigenvalue weighted by atomic mass is 10.1. The second kappa shape index (κ2) is 7.88. The van der Waals surface area contributed by atoms with Crippen LogP contribution in [-0.4, -0.2) is 69.6 Å². The Morgan fingerprint density at radius 1 is 0.862 bits per heavy atom. The summed E-state index contributed by atoms with van der Waals surface area (Å²) in [6.45, 7) is 0.253. The van der Waals surface area contributed by atoms with E-state index in [0.717, 1.165) is 12.8 Å². The fourth-order valence-corrected chi connectivity index (χ4v) is 6.87. The van der Waals surface area contributed by atoms with E-state index in [1.165, 1.54) is 28.6 Å². The Labute approximate surface area is 167 Å². The Kier molecular flexibility index (Phi) is 5.98. The quantitative estimate of drug-likeness (QED) is 0.692. The lowest BCUT2D eigenvalue weighted by molar-refractivity contribution is -0.186. The molecular formula is C17H21F3N2O5S2. The summed E-state index contributed by atoms with van der Waals surface area (Å²) in [6, 6.07) is 4.91. The van der Waals surface area contributed by atoms with E-state index in [0.29, 0.717) is 18.0 Å². The van der Waals surface area contributed by atoms with Gasteiger partial charge in [0.05, 0.1) is 15.0 Å². The van der Waals surface area contributed by atoms with E-state index in [4.69, 9.17) is 0 Å². The fraction of sp³-hybridized carbons (Fsp3) is 0.588. The van der Waals surface area contributed by atoms with Gasteiger partial charge in [0.2, 0.25) is 10.0 Å². The molecule has 12 heteroatoms. The first kappa shape index (κ1) is 22.0. The summed E-state index contributed by atoms with van der Waals surface area (Å²) in [6.07, 6.45) is -3.65. The molecule has 2 fully saturated rings. The highest BCUT2D eigenvalue weighted by Gasteiger charge is 2.44. The molecule has 0 unspecified atom stereocenters. The number of sulfonamides is 1. The van der Waals surface area contributed by atoms with Gasteiger partial charge in [-0.3, -0.25) is 4.79 Å². The summed E-state index contributed by atoms with van der Waals surface area (Å²) in [7, 11) is -7.52. The molecular weight excluding hydrogens is 433 g/mol. The SMILES string of the molecule is O=C(N1CCC(S(=O)(=O)c2ccc(S(=O)(=O)N3CCCC3)cc2)CC1)C(F)(F)F. The Morgan fingerprint density at radius 2 is 1.34 bits per heavy atom. The molecule has 0 radical (unpaired) electrons. The highest BCUT2D eigenvalue weighted by molar-refractivity contribution is 7.92. The van der Waals surface area contributed by atoms with Crippen molar-refractivity contribution in [3.63, 3.8) is 0 Å². The standard InChI is InChI=1S/C17H21F3N2O5S2/c18-17(19,20)16(23)21-11-7-14(8-12-21)28(24,25)13-3-5-15(6-4-13)29(26,27)22-9-1-2-10-22/h3-6,14H,1-2,7-12H2. The maximum Gasteiger partial charge on any atom is 0.471 e. The number of carbonyl (C=O) groups excluding carboxylic acids is 1. The van der Waals surface area contributed by atoms with E-state index in [1.807, 2.05) is 0 Å². The Bertz CT molecular complexity index is 961. The van der Waals surface area contributed by atoms with Crippen LogP contribution < -0.4 is 0 Å². The number of sulfone groups is 1. The van der Waals surface area contributed by atoms with Crippen molar-refractivity contribution in [3.05, 3.63) is 24.3 Å². The molecule has 0 spiro atoms. The summed E-state index contributed by atoms with van der Waals surface area (Å²) >= 11 is 0. The minimum absolute atomic E-state index is 0.00365. The normalized spacial score (nSPS) is 20.2. The van der Waals surface area contributed by atoms with Gasteiger partial charge in [0.25, 0.3) is 0 Å². The number of hydrogen-bond donors (Lipinski definition) is 0. The van der Waals surface area contributed by atoms with Crippen LogP contribution in [0.2, 0.25) is 0 Å². The number of benzene rings is 1. The van der Waals surface area contributed by atoms with Crippen LogP contribution in [0.4, 0.5) is 13.2 Å². The lowest BCUT2D eigenvalue weighted by Gasteiger charge is -2.32. The first-order valence-electron chi connectivity index (χ1n) is 9.14. The average molecular weight is 454 g/mol. The van der Waals surface area contributed by atoms with Gasteiger partial charge in [-0.1, -0.05) is 0 Å². The Hall–Kier alpha value is -1.66. The number of nitrogens with zero attached hydrogens (tertiary/aromatic N) is 2. The summed E-state index contributed by atoms with van der Waals surface area (Å²) in [5, 5.41) is -0.930. The number of halogens is 3. The van der Waals surface area contributed by atoms with Gasteiger partial charge < -0.3 is 4.90 Å². The topological polar surface area (TPSA) is 91.8 Å². The monoisotopic (exact) mass is 454 g/mol. The number of amides is 1. The van der Waals surface area contributed by atoms with Gasteiger partial charge in [-0.25, -0.2) is 16.8 Å². The highest BCUT2D eigenvalue weighted by atomic mass is 32.2. The highest BCUT2D eigenvalue weighted by Crippen LogP contribution is 2.29. The van der Waals surface area contributed by atoms with Crippen molar-refractivity contribution in [2.45, 2.75) is 46.9 Å². The van der Waals surface area contributed by atoms with Crippen LogP contribution in [0.25, 0.3) is 0 Å². The zero-order chi connectivity index (χ0) is 21.4. The van der Waals surface area contributed by atoms with Crippen molar-refractivity contribution in [2.75, 3.05) is 26.2 Å².